The maximum Gasteiger partial charge on any atom is 0.416 e. The van der Waals surface area contributed by atoms with Crippen molar-refractivity contribution in [2.24, 2.45) is 0 Å². The predicted octanol–water partition coefficient (Wildman–Crippen LogP) is 18.1. The summed E-state index contributed by atoms with van der Waals surface area (Å²) >= 11 is 0. The minimum Gasteiger partial charge on any atom is -0.456 e. The molecule has 0 atom stereocenters. The van der Waals surface area contributed by atoms with Crippen LogP contribution in [0.5, 0.6) is 0 Å². The molecular formula is C54H31F9N2O2. The Kier molecular flexibility index (Phi) is 9.38. The lowest BCUT2D eigenvalue weighted by atomic mass is 10.00. The molecule has 11 aromatic rings. The molecule has 332 valence electrons. The number of aryl methyl sites for hydroxylation is 1. The van der Waals surface area contributed by atoms with Crippen molar-refractivity contribution in [3.05, 3.63) is 192 Å². The Morgan fingerprint density at radius 1 is 0.313 bits per heavy atom. The summed E-state index contributed by atoms with van der Waals surface area (Å²) in [6.45, 7) is 1.96. The van der Waals surface area contributed by atoms with E-state index in [1.165, 1.54) is 36.4 Å². The zero-order valence-electron chi connectivity index (χ0n) is 34.8. The molecule has 0 spiro atoms. The van der Waals surface area contributed by atoms with Crippen LogP contribution in [-0.2, 0) is 18.5 Å². The summed E-state index contributed by atoms with van der Waals surface area (Å²) in [5.41, 5.74) is 4.06. The van der Waals surface area contributed by atoms with Crippen molar-refractivity contribution >= 4 is 99.5 Å². The Morgan fingerprint density at radius 2 is 0.627 bits per heavy atom. The number of furan rings is 2. The molecule has 0 N–H and O–H groups in total. The van der Waals surface area contributed by atoms with E-state index in [-0.39, 0.29) is 0 Å². The molecule has 0 aliphatic heterocycles. The number of rotatable bonds is 6. The summed E-state index contributed by atoms with van der Waals surface area (Å²) in [7, 11) is 0. The van der Waals surface area contributed by atoms with Crippen LogP contribution >= 0.6 is 0 Å². The van der Waals surface area contributed by atoms with E-state index >= 15 is 0 Å². The van der Waals surface area contributed by atoms with Crippen LogP contribution in [0.25, 0.3) is 65.4 Å². The van der Waals surface area contributed by atoms with Gasteiger partial charge in [-0.2, -0.15) is 39.5 Å². The summed E-state index contributed by atoms with van der Waals surface area (Å²) in [6.07, 6.45) is -13.6. The molecule has 0 unspecified atom stereocenters. The lowest BCUT2D eigenvalue weighted by molar-refractivity contribution is -0.138. The van der Waals surface area contributed by atoms with Gasteiger partial charge in [0.25, 0.3) is 0 Å². The van der Waals surface area contributed by atoms with Crippen LogP contribution in [0.2, 0.25) is 0 Å². The SMILES string of the molecule is Cc1ccc(N(c2ccc(C(F)(F)F)cc2)c2ccc3cc4c(cc3c2)oc2ccc3oc5cc6cc(N(c7ccc(C(F)(F)F)cc7)c7ccc(C(F)(F)F)cc7)ccc6cc5c3c24)cc1. The van der Waals surface area contributed by atoms with Crippen LogP contribution < -0.4 is 9.80 Å². The molecule has 11 rings (SSSR count). The fourth-order valence-corrected chi connectivity index (χ4v) is 8.86. The first-order chi connectivity index (χ1) is 32.0. The summed E-state index contributed by atoms with van der Waals surface area (Å²) in [4.78, 5) is 3.49. The highest BCUT2D eigenvalue weighted by Gasteiger charge is 2.33. The van der Waals surface area contributed by atoms with Gasteiger partial charge in [-0.3, -0.25) is 0 Å². The molecule has 0 amide bonds. The molecule has 0 saturated heterocycles. The number of hydrogen-bond acceptors (Lipinski definition) is 4. The number of benzene rings is 9. The molecule has 2 aromatic heterocycles. The van der Waals surface area contributed by atoms with Gasteiger partial charge in [0.05, 0.1) is 16.7 Å². The minimum atomic E-state index is -4.58. The van der Waals surface area contributed by atoms with E-state index in [1.54, 1.807) is 17.0 Å². The molecule has 0 bridgehead atoms. The predicted molar refractivity (Wildman–Crippen MR) is 245 cm³/mol. The van der Waals surface area contributed by atoms with Crippen LogP contribution in [-0.4, -0.2) is 0 Å². The van der Waals surface area contributed by atoms with Gasteiger partial charge in [0.15, 0.2) is 0 Å². The first-order valence-electron chi connectivity index (χ1n) is 20.8. The Morgan fingerprint density at radius 3 is 0.955 bits per heavy atom. The number of fused-ring (bicyclic) bond motifs is 9. The zero-order valence-corrected chi connectivity index (χ0v) is 34.8. The fraction of sp³-hybridized carbons (Fsp3) is 0.0741. The molecule has 0 aliphatic rings. The van der Waals surface area contributed by atoms with Gasteiger partial charge in [0.1, 0.15) is 22.3 Å². The van der Waals surface area contributed by atoms with Crippen molar-refractivity contribution < 1.29 is 48.3 Å². The van der Waals surface area contributed by atoms with E-state index in [4.69, 9.17) is 8.83 Å². The Labute approximate surface area is 374 Å². The number of anilines is 6. The Bertz CT molecular complexity index is 3640. The average Bonchev–Trinajstić information content (AvgIpc) is 3.84. The van der Waals surface area contributed by atoms with E-state index in [2.05, 4.69) is 0 Å². The smallest absolute Gasteiger partial charge is 0.416 e. The van der Waals surface area contributed by atoms with Crippen LogP contribution in [0, 0.1) is 6.92 Å². The number of halogens is 9. The van der Waals surface area contributed by atoms with Gasteiger partial charge in [-0.05, 0) is 174 Å². The normalized spacial score (nSPS) is 12.6. The van der Waals surface area contributed by atoms with Crippen LogP contribution in [0.4, 0.5) is 73.6 Å². The molecule has 0 saturated carbocycles. The number of alkyl halides is 9. The monoisotopic (exact) mass is 910 g/mol. The largest absolute Gasteiger partial charge is 0.456 e. The lowest BCUT2D eigenvalue weighted by Gasteiger charge is -2.26. The average molecular weight is 911 g/mol. The summed E-state index contributed by atoms with van der Waals surface area (Å²) < 4.78 is 135. The highest BCUT2D eigenvalue weighted by atomic mass is 19.4. The first kappa shape index (κ1) is 41.8. The standard InChI is InChI=1S/C54H31F9N2O2/c1-30-2-12-38(13-3-30)64(39-16-6-35(7-17-39)52(55,56)57)42-14-4-31-26-44-48(28-33(31)24-42)66-46-22-23-47-51(50(44)46)45-27-32-5-15-43(25-34(32)29-49(45)67-47)65(40-18-8-36(9-19-40)53(58,59)60)41-20-10-37(11-21-41)54(61,62)63/h2-29H,1H3. The van der Waals surface area contributed by atoms with Crippen molar-refractivity contribution in [3.8, 4) is 0 Å². The third-order valence-electron chi connectivity index (χ3n) is 12.1. The molecule has 0 aliphatic carbocycles. The molecular weight excluding hydrogens is 880 g/mol. The van der Waals surface area contributed by atoms with Crippen molar-refractivity contribution in [2.75, 3.05) is 9.80 Å². The fourth-order valence-electron chi connectivity index (χ4n) is 8.86. The van der Waals surface area contributed by atoms with Crippen LogP contribution in [0.1, 0.15) is 22.3 Å². The molecule has 2 heterocycles. The van der Waals surface area contributed by atoms with Gasteiger partial charge in [-0.15, -0.1) is 0 Å². The molecule has 0 fully saturated rings. The van der Waals surface area contributed by atoms with Crippen LogP contribution in [0.15, 0.2) is 179 Å². The van der Waals surface area contributed by atoms with Gasteiger partial charge < -0.3 is 18.6 Å². The van der Waals surface area contributed by atoms with Crippen molar-refractivity contribution in [1.29, 1.82) is 0 Å². The van der Waals surface area contributed by atoms with Gasteiger partial charge in [-0.25, -0.2) is 0 Å². The zero-order chi connectivity index (χ0) is 46.6. The summed E-state index contributed by atoms with van der Waals surface area (Å²) in [6, 6.07) is 44.4. The van der Waals surface area contributed by atoms with Crippen molar-refractivity contribution in [1.82, 2.24) is 0 Å². The second kappa shape index (κ2) is 15.1. The molecule has 0 radical (unpaired) electrons. The first-order valence-corrected chi connectivity index (χ1v) is 20.8. The third kappa shape index (κ3) is 7.40. The summed E-state index contributed by atoms with van der Waals surface area (Å²) in [5.74, 6) is 0. The van der Waals surface area contributed by atoms with Crippen molar-refractivity contribution in [3.63, 3.8) is 0 Å². The van der Waals surface area contributed by atoms with Crippen molar-refractivity contribution in [2.45, 2.75) is 25.5 Å². The topological polar surface area (TPSA) is 32.8 Å². The van der Waals surface area contributed by atoms with E-state index < -0.39 is 35.2 Å². The highest BCUT2D eigenvalue weighted by molar-refractivity contribution is 6.27. The number of hydrogen-bond donors (Lipinski definition) is 0. The van der Waals surface area contributed by atoms with E-state index in [9.17, 15) is 39.5 Å². The Balaban J connectivity index is 1.01. The summed E-state index contributed by atoms with van der Waals surface area (Å²) in [5, 5.41) is 6.51. The van der Waals surface area contributed by atoms with E-state index in [0.717, 1.165) is 91.0 Å². The molecule has 13 heteroatoms. The lowest BCUT2D eigenvalue weighted by Crippen LogP contribution is -2.12. The maximum atomic E-state index is 13.5. The van der Waals surface area contributed by atoms with Gasteiger partial charge >= 0.3 is 18.5 Å². The second-order valence-corrected chi connectivity index (χ2v) is 16.4. The van der Waals surface area contributed by atoms with Gasteiger partial charge in [-0.1, -0.05) is 29.8 Å². The van der Waals surface area contributed by atoms with E-state index in [0.29, 0.717) is 50.5 Å². The highest BCUT2D eigenvalue weighted by Crippen LogP contribution is 2.45. The van der Waals surface area contributed by atoms with Gasteiger partial charge in [0, 0.05) is 55.7 Å². The van der Waals surface area contributed by atoms with E-state index in [1.807, 2.05) is 96.8 Å². The minimum absolute atomic E-state index is 0.303. The maximum absolute atomic E-state index is 13.5. The molecule has 4 nitrogen and oxygen atoms in total. The number of nitrogens with zero attached hydrogens (tertiary/aromatic N) is 2. The quantitative estimate of drug-likeness (QED) is 0.156. The molecule has 67 heavy (non-hydrogen) atoms. The third-order valence-corrected chi connectivity index (χ3v) is 12.1. The molecule has 9 aromatic carbocycles. The Hall–Kier alpha value is -7.93. The van der Waals surface area contributed by atoms with Gasteiger partial charge in [0.2, 0.25) is 0 Å². The van der Waals surface area contributed by atoms with Crippen LogP contribution in [0.3, 0.4) is 0 Å². The second-order valence-electron chi connectivity index (χ2n) is 16.4.